The minimum absolute atomic E-state index is 0. The Hall–Kier alpha value is -0.0436. The van der Waals surface area contributed by atoms with E-state index in [1.54, 1.807) is 0 Å². The van der Waals surface area contributed by atoms with Crippen LogP contribution in [0.25, 0.3) is 0 Å². The number of hydrogen-bond acceptors (Lipinski definition) is 13. The Labute approximate surface area is 230 Å². The van der Waals surface area contributed by atoms with Crippen molar-refractivity contribution in [3.63, 3.8) is 0 Å². The molecular formula is C18H33KN2O11. The number of carboxylic acids is 1. The fraction of sp³-hybridized carbons (Fsp3) is 0.778. The molecule has 182 valence electrons. The molecule has 3 N–H and O–H groups in total. The van der Waals surface area contributed by atoms with Gasteiger partial charge in [-0.2, -0.15) is 0 Å². The number of carbonyl (C=O) groups excluding carboxylic acids is 2. The zero-order valence-electron chi connectivity index (χ0n) is 19.2. The molecule has 0 fully saturated rings. The van der Waals surface area contributed by atoms with E-state index in [0.717, 1.165) is 10.5 Å². The van der Waals surface area contributed by atoms with Crippen molar-refractivity contribution in [3.05, 3.63) is 12.2 Å². The topological polar surface area (TPSA) is 171 Å². The Kier molecular flexibility index (Phi) is 21.7. The molecular weight excluding hydrogens is 459 g/mol. The van der Waals surface area contributed by atoms with Crippen molar-refractivity contribution in [2.45, 2.75) is 52.1 Å². The predicted octanol–water partition coefficient (Wildman–Crippen LogP) is -5.30. The minimum Gasteiger partial charge on any atom is -0.545 e. The second-order valence-electron chi connectivity index (χ2n) is 6.74. The Morgan fingerprint density at radius 3 is 1.50 bits per heavy atom. The van der Waals surface area contributed by atoms with Crippen LogP contribution in [0.5, 0.6) is 0 Å². The molecule has 32 heavy (non-hydrogen) atoms. The molecule has 4 unspecified atom stereocenters. The van der Waals surface area contributed by atoms with Crippen LogP contribution in [0.2, 0.25) is 0 Å². The Balaban J connectivity index is 0. The van der Waals surface area contributed by atoms with Crippen LogP contribution in [0.3, 0.4) is 0 Å². The zero-order valence-corrected chi connectivity index (χ0v) is 22.3. The SMILES string of the molecule is CC(O)CON(CCN(OCC(C)O)OCC(C)OC(=O)/C=C\C(=O)[O-])OCC(C)O.[K+]. The summed E-state index contributed by atoms with van der Waals surface area (Å²) < 4.78 is 4.94. The van der Waals surface area contributed by atoms with E-state index in [-0.39, 0.29) is 90.9 Å². The molecule has 0 heterocycles. The number of hydroxylamine groups is 4. The Morgan fingerprint density at radius 2 is 1.16 bits per heavy atom. The molecule has 0 aromatic rings. The average Bonchev–Trinajstić information content (AvgIpc) is 2.66. The molecule has 0 spiro atoms. The fourth-order valence-electron chi connectivity index (χ4n) is 1.66. The van der Waals surface area contributed by atoms with E-state index in [1.807, 2.05) is 0 Å². The van der Waals surface area contributed by atoms with Gasteiger partial charge in [0, 0.05) is 6.08 Å². The molecule has 0 aliphatic carbocycles. The van der Waals surface area contributed by atoms with Crippen LogP contribution >= 0.6 is 0 Å². The first kappa shape index (κ1) is 34.1. The molecule has 0 aromatic carbocycles. The summed E-state index contributed by atoms with van der Waals surface area (Å²) in [7, 11) is 0. The van der Waals surface area contributed by atoms with E-state index in [1.165, 1.54) is 27.7 Å². The summed E-state index contributed by atoms with van der Waals surface area (Å²) in [5, 5.41) is 40.5. The van der Waals surface area contributed by atoms with Gasteiger partial charge < -0.3 is 30.0 Å². The van der Waals surface area contributed by atoms with Gasteiger partial charge in [0.15, 0.2) is 0 Å². The van der Waals surface area contributed by atoms with Gasteiger partial charge in [-0.3, -0.25) is 19.4 Å². The maximum absolute atomic E-state index is 11.5. The van der Waals surface area contributed by atoms with Crippen molar-refractivity contribution in [1.82, 2.24) is 10.5 Å². The van der Waals surface area contributed by atoms with Gasteiger partial charge in [0.25, 0.3) is 0 Å². The van der Waals surface area contributed by atoms with E-state index < -0.39 is 36.4 Å². The number of nitrogens with zero attached hydrogens (tertiary/aromatic N) is 2. The van der Waals surface area contributed by atoms with Crippen molar-refractivity contribution in [3.8, 4) is 0 Å². The molecule has 0 saturated heterocycles. The molecule has 0 bridgehead atoms. The summed E-state index contributed by atoms with van der Waals surface area (Å²) >= 11 is 0. The number of aliphatic hydroxyl groups is 3. The Morgan fingerprint density at radius 1 is 0.781 bits per heavy atom. The van der Waals surface area contributed by atoms with E-state index >= 15 is 0 Å². The van der Waals surface area contributed by atoms with Crippen molar-refractivity contribution in [2.24, 2.45) is 0 Å². The largest absolute Gasteiger partial charge is 1.00 e. The molecule has 0 rings (SSSR count). The first-order valence-electron chi connectivity index (χ1n) is 9.70. The number of carboxylic acid groups (broad SMARTS) is 1. The van der Waals surface area contributed by atoms with Crippen LogP contribution in [-0.4, -0.2) is 102 Å². The van der Waals surface area contributed by atoms with Crippen molar-refractivity contribution in [1.29, 1.82) is 0 Å². The van der Waals surface area contributed by atoms with E-state index in [2.05, 4.69) is 0 Å². The third-order valence-corrected chi connectivity index (χ3v) is 2.97. The van der Waals surface area contributed by atoms with Gasteiger partial charge in [0.2, 0.25) is 0 Å². The van der Waals surface area contributed by atoms with Crippen LogP contribution < -0.4 is 56.5 Å². The van der Waals surface area contributed by atoms with Gasteiger partial charge in [-0.1, -0.05) is 10.5 Å². The number of carbonyl (C=O) groups is 2. The van der Waals surface area contributed by atoms with Crippen LogP contribution in [0.1, 0.15) is 27.7 Å². The maximum Gasteiger partial charge on any atom is 1.00 e. The Bertz CT molecular complexity index is 523. The molecule has 0 aromatic heterocycles. The second-order valence-corrected chi connectivity index (χ2v) is 6.74. The smallest absolute Gasteiger partial charge is 0.545 e. The first-order valence-corrected chi connectivity index (χ1v) is 9.70. The molecule has 0 radical (unpaired) electrons. The molecule has 0 saturated carbocycles. The number of aliphatic hydroxyl groups excluding tert-OH is 3. The quantitative estimate of drug-likeness (QED) is 0.0718. The van der Waals surface area contributed by atoms with E-state index in [0.29, 0.717) is 12.2 Å². The van der Waals surface area contributed by atoms with Crippen LogP contribution in [0.4, 0.5) is 0 Å². The molecule has 0 aliphatic heterocycles. The first-order chi connectivity index (χ1) is 14.5. The van der Waals surface area contributed by atoms with E-state index in [9.17, 15) is 30.0 Å². The number of aliphatic carboxylic acids is 1. The normalized spacial score (nSPS) is 15.4. The van der Waals surface area contributed by atoms with Gasteiger partial charge in [0.1, 0.15) is 12.7 Å². The summed E-state index contributed by atoms with van der Waals surface area (Å²) in [4.78, 5) is 43.1. The summed E-state index contributed by atoms with van der Waals surface area (Å²) in [6, 6.07) is 0. The van der Waals surface area contributed by atoms with Crippen LogP contribution in [-0.2, 0) is 33.7 Å². The predicted molar refractivity (Wildman–Crippen MR) is 102 cm³/mol. The molecule has 13 nitrogen and oxygen atoms in total. The third kappa shape index (κ3) is 21.8. The summed E-state index contributed by atoms with van der Waals surface area (Å²) in [5.74, 6) is -2.42. The minimum atomic E-state index is -1.53. The fourth-order valence-corrected chi connectivity index (χ4v) is 1.66. The maximum atomic E-state index is 11.5. The van der Waals surface area contributed by atoms with Crippen LogP contribution in [0, 0.1) is 0 Å². The van der Waals surface area contributed by atoms with Crippen molar-refractivity contribution < 1.29 is 105 Å². The molecule has 0 amide bonds. The van der Waals surface area contributed by atoms with Gasteiger partial charge >= 0.3 is 57.4 Å². The van der Waals surface area contributed by atoms with Gasteiger partial charge in [-0.15, -0.1) is 0 Å². The van der Waals surface area contributed by atoms with Gasteiger partial charge in [0.05, 0.1) is 57.2 Å². The standard InChI is InChI=1S/C18H34N2O11.K/c1-13(21)9-27-19(28-10-14(2)22)7-8-20(29-11-15(3)23)30-12-16(4)31-18(26)6-5-17(24)25;/h5-6,13-16,21-23H,7-12H2,1-4H3,(H,24,25);/q;+1/p-1/b6-5-;. The number of hydrogen-bond donors (Lipinski definition) is 3. The second kappa shape index (κ2) is 20.3. The third-order valence-electron chi connectivity index (χ3n) is 2.97. The van der Waals surface area contributed by atoms with Crippen LogP contribution in [0.15, 0.2) is 12.2 Å². The zero-order chi connectivity index (χ0) is 23.8. The number of rotatable bonds is 18. The summed E-state index contributed by atoms with van der Waals surface area (Å²) in [5.41, 5.74) is 0. The number of ether oxygens (including phenoxy) is 1. The molecule has 0 aliphatic rings. The monoisotopic (exact) mass is 492 g/mol. The van der Waals surface area contributed by atoms with Gasteiger partial charge in [-0.25, -0.2) is 4.79 Å². The summed E-state index contributed by atoms with van der Waals surface area (Å²) in [6.07, 6.45) is -1.79. The molecule has 4 atom stereocenters. The van der Waals surface area contributed by atoms with E-state index in [4.69, 9.17) is 24.1 Å². The average molecular weight is 493 g/mol. The van der Waals surface area contributed by atoms with Crippen molar-refractivity contribution >= 4 is 11.9 Å². The van der Waals surface area contributed by atoms with Crippen molar-refractivity contribution in [2.75, 3.05) is 39.5 Å². The molecule has 14 heteroatoms. The number of esters is 1. The van der Waals surface area contributed by atoms with Gasteiger partial charge in [-0.05, 0) is 33.8 Å². The summed E-state index contributed by atoms with van der Waals surface area (Å²) in [6.45, 7) is 5.83.